The van der Waals surface area contributed by atoms with Gasteiger partial charge in [0, 0.05) is 11.4 Å². The zero-order chi connectivity index (χ0) is 8.27. The minimum absolute atomic E-state index is 0.329. The van der Waals surface area contributed by atoms with Gasteiger partial charge in [-0.3, -0.25) is 0 Å². The average molecular weight is 171 g/mol. The van der Waals surface area contributed by atoms with Crippen molar-refractivity contribution in [3.63, 3.8) is 0 Å². The molecule has 1 rings (SSSR count). The summed E-state index contributed by atoms with van der Waals surface area (Å²) in [7, 11) is 1.36. The molecule has 0 saturated heterocycles. The van der Waals surface area contributed by atoms with Crippen LogP contribution in [0.15, 0.2) is 16.1 Å². The molecule has 0 N–H and O–H groups in total. The quantitative estimate of drug-likeness (QED) is 0.556. The number of allylic oxidation sites excluding steroid dienone is 1. The lowest BCUT2D eigenvalue weighted by Gasteiger charge is -2.06. The summed E-state index contributed by atoms with van der Waals surface area (Å²) in [6.07, 6.45) is 0. The predicted octanol–water partition coefficient (Wildman–Crippen LogP) is 1.21. The predicted molar refractivity (Wildman–Crippen MR) is 45.7 cm³/mol. The number of ether oxygens (including phenoxy) is 1. The Balaban J connectivity index is 2.73. The van der Waals surface area contributed by atoms with Crippen molar-refractivity contribution in [1.29, 1.82) is 0 Å². The molecule has 3 nitrogen and oxygen atoms in total. The number of aliphatic imine (C=N–C) groups is 1. The standard InChI is InChI=1S/C7H9NO2S/c1-5-3-11-4-6(8-5)7(9)10-2/h3H,4H2,1-2H3. The van der Waals surface area contributed by atoms with Gasteiger partial charge in [-0.15, -0.1) is 11.8 Å². The maximum Gasteiger partial charge on any atom is 0.353 e. The lowest BCUT2D eigenvalue weighted by atomic mass is 10.4. The lowest BCUT2D eigenvalue weighted by Crippen LogP contribution is -2.19. The molecule has 1 aliphatic rings. The summed E-state index contributed by atoms with van der Waals surface area (Å²) < 4.78 is 4.53. The monoisotopic (exact) mass is 171 g/mol. The van der Waals surface area contributed by atoms with Gasteiger partial charge in [0.05, 0.1) is 7.11 Å². The summed E-state index contributed by atoms with van der Waals surface area (Å²) >= 11 is 1.56. The molecule has 0 atom stereocenters. The van der Waals surface area contributed by atoms with Crippen molar-refractivity contribution in [3.8, 4) is 0 Å². The van der Waals surface area contributed by atoms with Crippen molar-refractivity contribution in [3.05, 3.63) is 11.1 Å². The van der Waals surface area contributed by atoms with Gasteiger partial charge in [-0.05, 0) is 12.3 Å². The number of carbonyl (C=O) groups excluding carboxylic acids is 1. The second kappa shape index (κ2) is 3.57. The van der Waals surface area contributed by atoms with Gasteiger partial charge in [-0.2, -0.15) is 0 Å². The molecule has 0 fully saturated rings. The van der Waals surface area contributed by atoms with E-state index in [2.05, 4.69) is 9.73 Å². The molecular weight excluding hydrogens is 162 g/mol. The molecule has 0 aromatic heterocycles. The fraction of sp³-hybridized carbons (Fsp3) is 0.429. The van der Waals surface area contributed by atoms with Gasteiger partial charge >= 0.3 is 5.97 Å². The van der Waals surface area contributed by atoms with Gasteiger partial charge in [0.15, 0.2) is 0 Å². The summed E-state index contributed by atoms with van der Waals surface area (Å²) in [6, 6.07) is 0. The Morgan fingerprint density at radius 2 is 2.55 bits per heavy atom. The van der Waals surface area contributed by atoms with E-state index in [1.165, 1.54) is 7.11 Å². The number of esters is 1. The van der Waals surface area contributed by atoms with Gasteiger partial charge in [-0.25, -0.2) is 9.79 Å². The first-order chi connectivity index (χ1) is 5.24. The molecule has 0 amide bonds. The molecule has 0 saturated carbocycles. The van der Waals surface area contributed by atoms with Gasteiger partial charge in [-0.1, -0.05) is 0 Å². The maximum atomic E-state index is 10.9. The zero-order valence-electron chi connectivity index (χ0n) is 6.46. The fourth-order valence-electron chi connectivity index (χ4n) is 0.735. The first-order valence-electron chi connectivity index (χ1n) is 3.18. The van der Waals surface area contributed by atoms with Gasteiger partial charge in [0.2, 0.25) is 0 Å². The molecule has 0 radical (unpaired) electrons. The van der Waals surface area contributed by atoms with Crippen molar-refractivity contribution in [1.82, 2.24) is 0 Å². The van der Waals surface area contributed by atoms with Crippen molar-refractivity contribution < 1.29 is 9.53 Å². The molecule has 60 valence electrons. The van der Waals surface area contributed by atoms with Gasteiger partial charge in [0.1, 0.15) is 5.71 Å². The summed E-state index contributed by atoms with van der Waals surface area (Å²) in [4.78, 5) is 15.0. The fourth-order valence-corrected chi connectivity index (χ4v) is 1.45. The van der Waals surface area contributed by atoms with Crippen LogP contribution in [0.4, 0.5) is 0 Å². The van der Waals surface area contributed by atoms with Crippen LogP contribution >= 0.6 is 11.8 Å². The van der Waals surface area contributed by atoms with Crippen LogP contribution in [0.5, 0.6) is 0 Å². The minimum atomic E-state index is -0.329. The number of carbonyl (C=O) groups is 1. The number of rotatable bonds is 1. The highest BCUT2D eigenvalue weighted by Gasteiger charge is 2.13. The molecule has 11 heavy (non-hydrogen) atoms. The third-order valence-electron chi connectivity index (χ3n) is 1.21. The third kappa shape index (κ3) is 2.08. The largest absolute Gasteiger partial charge is 0.465 e. The second-order valence-corrected chi connectivity index (χ2v) is 2.98. The molecule has 0 aliphatic carbocycles. The van der Waals surface area contributed by atoms with E-state index in [1.54, 1.807) is 11.8 Å². The van der Waals surface area contributed by atoms with E-state index in [1.807, 2.05) is 12.3 Å². The van der Waals surface area contributed by atoms with E-state index >= 15 is 0 Å². The van der Waals surface area contributed by atoms with E-state index in [9.17, 15) is 4.79 Å². The van der Waals surface area contributed by atoms with Crippen LogP contribution in [0.3, 0.4) is 0 Å². The highest BCUT2D eigenvalue weighted by molar-refractivity contribution is 8.02. The van der Waals surface area contributed by atoms with Crippen molar-refractivity contribution in [2.45, 2.75) is 6.92 Å². The average Bonchev–Trinajstić information content (AvgIpc) is 2.03. The molecule has 0 spiro atoms. The zero-order valence-corrected chi connectivity index (χ0v) is 7.27. The number of hydrogen-bond acceptors (Lipinski definition) is 4. The van der Waals surface area contributed by atoms with Crippen LogP contribution in [-0.4, -0.2) is 24.5 Å². The Bertz CT molecular complexity index is 233. The van der Waals surface area contributed by atoms with Gasteiger partial charge in [0.25, 0.3) is 0 Å². The summed E-state index contributed by atoms with van der Waals surface area (Å²) in [6.45, 7) is 1.86. The minimum Gasteiger partial charge on any atom is -0.465 e. The van der Waals surface area contributed by atoms with Crippen LogP contribution in [0.1, 0.15) is 6.92 Å². The molecule has 1 aliphatic heterocycles. The lowest BCUT2D eigenvalue weighted by molar-refractivity contribution is -0.132. The SMILES string of the molecule is COC(=O)C1=NC(C)=CSC1. The smallest absolute Gasteiger partial charge is 0.353 e. The summed E-state index contributed by atoms with van der Waals surface area (Å²) in [5, 5.41) is 1.92. The number of hydrogen-bond donors (Lipinski definition) is 0. The number of nitrogens with zero attached hydrogens (tertiary/aromatic N) is 1. The van der Waals surface area contributed by atoms with Crippen LogP contribution in [0.25, 0.3) is 0 Å². The third-order valence-corrected chi connectivity index (χ3v) is 2.15. The molecular formula is C7H9NO2S. The van der Waals surface area contributed by atoms with E-state index in [0.29, 0.717) is 11.5 Å². The Hall–Kier alpha value is -0.770. The van der Waals surface area contributed by atoms with Crippen LogP contribution in [0, 0.1) is 0 Å². The molecule has 0 aromatic carbocycles. The first-order valence-corrected chi connectivity index (χ1v) is 4.23. The molecule has 0 unspecified atom stereocenters. The second-order valence-electron chi connectivity index (χ2n) is 2.12. The maximum absolute atomic E-state index is 10.9. The summed E-state index contributed by atoms with van der Waals surface area (Å²) in [5.41, 5.74) is 1.36. The molecule has 0 bridgehead atoms. The highest BCUT2D eigenvalue weighted by atomic mass is 32.2. The van der Waals surface area contributed by atoms with Crippen molar-refractivity contribution in [2.24, 2.45) is 4.99 Å². The van der Waals surface area contributed by atoms with Gasteiger partial charge < -0.3 is 4.74 Å². The number of thioether (sulfide) groups is 1. The Morgan fingerprint density at radius 3 is 3.09 bits per heavy atom. The van der Waals surface area contributed by atoms with Crippen LogP contribution < -0.4 is 0 Å². The Kier molecular flexibility index (Phi) is 2.70. The van der Waals surface area contributed by atoms with Crippen LogP contribution in [-0.2, 0) is 9.53 Å². The molecule has 4 heteroatoms. The van der Waals surface area contributed by atoms with E-state index in [-0.39, 0.29) is 5.97 Å². The van der Waals surface area contributed by atoms with E-state index in [4.69, 9.17) is 0 Å². The Labute approximate surface area is 69.5 Å². The van der Waals surface area contributed by atoms with Crippen LogP contribution in [0.2, 0.25) is 0 Å². The topological polar surface area (TPSA) is 38.7 Å². The van der Waals surface area contributed by atoms with Crippen molar-refractivity contribution >= 4 is 23.4 Å². The van der Waals surface area contributed by atoms with Crippen molar-refractivity contribution in [2.75, 3.05) is 12.9 Å². The highest BCUT2D eigenvalue weighted by Crippen LogP contribution is 2.15. The van der Waals surface area contributed by atoms with E-state index in [0.717, 1.165) is 5.70 Å². The van der Waals surface area contributed by atoms with E-state index < -0.39 is 0 Å². The first kappa shape index (κ1) is 8.33. The number of methoxy groups -OCH3 is 1. The molecule has 0 aromatic rings. The molecule has 1 heterocycles. The normalized spacial score (nSPS) is 16.9. The summed E-state index contributed by atoms with van der Waals surface area (Å²) in [5.74, 6) is 0.286. The Morgan fingerprint density at radius 1 is 1.82 bits per heavy atom.